The van der Waals surface area contributed by atoms with Crippen LogP contribution in [0.2, 0.25) is 0 Å². The van der Waals surface area contributed by atoms with Crippen molar-refractivity contribution in [2.75, 3.05) is 33.3 Å². The quantitative estimate of drug-likeness (QED) is 0.852. The van der Waals surface area contributed by atoms with Gasteiger partial charge in [-0.2, -0.15) is 0 Å². The predicted octanol–water partition coefficient (Wildman–Crippen LogP) is 2.01. The lowest BCUT2D eigenvalue weighted by atomic mass is 9.82. The summed E-state index contributed by atoms with van der Waals surface area (Å²) < 4.78 is 5.70. The third-order valence-electron chi connectivity index (χ3n) is 4.08. The Morgan fingerprint density at radius 2 is 2.11 bits per heavy atom. The number of benzene rings is 1. The van der Waals surface area contributed by atoms with Crippen LogP contribution < -0.4 is 5.73 Å². The number of ether oxygens (including phenoxy) is 1. The van der Waals surface area contributed by atoms with E-state index in [0.717, 1.165) is 19.7 Å². The molecule has 3 heteroatoms. The lowest BCUT2D eigenvalue weighted by molar-refractivity contribution is 0.0753. The second kappa shape index (κ2) is 6.51. The summed E-state index contributed by atoms with van der Waals surface area (Å²) in [7, 11) is 2.17. The third-order valence-corrected chi connectivity index (χ3v) is 4.08. The summed E-state index contributed by atoms with van der Waals surface area (Å²) in [5, 5.41) is 0. The smallest absolute Gasteiger partial charge is 0.0702 e. The number of nitrogens with two attached hydrogens (primary N) is 1. The molecule has 106 valence electrons. The number of hydrogen-bond donors (Lipinski definition) is 1. The van der Waals surface area contributed by atoms with Crippen LogP contribution in [0.1, 0.15) is 25.3 Å². The van der Waals surface area contributed by atoms with Crippen molar-refractivity contribution < 1.29 is 4.74 Å². The van der Waals surface area contributed by atoms with Crippen molar-refractivity contribution in [1.29, 1.82) is 0 Å². The highest BCUT2D eigenvalue weighted by molar-refractivity contribution is 5.25. The fraction of sp³-hybridized carbons (Fsp3) is 0.625. The number of nitrogens with zero attached hydrogens (tertiary/aromatic N) is 1. The topological polar surface area (TPSA) is 38.5 Å². The largest absolute Gasteiger partial charge is 0.377 e. The van der Waals surface area contributed by atoms with Gasteiger partial charge in [-0.3, -0.25) is 0 Å². The summed E-state index contributed by atoms with van der Waals surface area (Å²) in [6.07, 6.45) is 2.79. The Hall–Kier alpha value is -0.900. The Balaban J connectivity index is 1.97. The highest BCUT2D eigenvalue weighted by Gasteiger charge is 2.28. The molecule has 0 aromatic heterocycles. The lowest BCUT2D eigenvalue weighted by Gasteiger charge is -2.34. The Kier molecular flexibility index (Phi) is 4.97. The fourth-order valence-electron chi connectivity index (χ4n) is 2.91. The van der Waals surface area contributed by atoms with Gasteiger partial charge in [-0.1, -0.05) is 37.3 Å². The van der Waals surface area contributed by atoms with Crippen molar-refractivity contribution in [2.45, 2.75) is 31.3 Å². The van der Waals surface area contributed by atoms with Gasteiger partial charge in [0.15, 0.2) is 0 Å². The molecule has 0 bridgehead atoms. The standard InChI is InChI=1S/C16H26N2O/c1-16(12-17,14-7-4-3-5-8-14)13-18(2)11-15-9-6-10-19-15/h3-5,7-8,15H,6,9-13,17H2,1-2H3. The van der Waals surface area contributed by atoms with E-state index in [4.69, 9.17) is 10.5 Å². The van der Waals surface area contributed by atoms with E-state index in [1.165, 1.54) is 18.4 Å². The van der Waals surface area contributed by atoms with Crippen LogP contribution in [0.25, 0.3) is 0 Å². The molecule has 0 aliphatic carbocycles. The van der Waals surface area contributed by atoms with Gasteiger partial charge in [-0.05, 0) is 25.5 Å². The molecule has 1 heterocycles. The van der Waals surface area contributed by atoms with Gasteiger partial charge in [-0.15, -0.1) is 0 Å². The molecule has 1 saturated heterocycles. The van der Waals surface area contributed by atoms with Gasteiger partial charge < -0.3 is 15.4 Å². The molecule has 0 radical (unpaired) electrons. The second-order valence-corrected chi connectivity index (χ2v) is 5.96. The summed E-state index contributed by atoms with van der Waals surface area (Å²) >= 11 is 0. The molecule has 2 atom stereocenters. The number of likely N-dealkylation sites (N-methyl/N-ethyl adjacent to an activating group) is 1. The minimum atomic E-state index is 0.00855. The van der Waals surface area contributed by atoms with Gasteiger partial charge in [-0.25, -0.2) is 0 Å². The van der Waals surface area contributed by atoms with Crippen LogP contribution in [-0.2, 0) is 10.2 Å². The first-order chi connectivity index (χ1) is 9.14. The Morgan fingerprint density at radius 3 is 2.68 bits per heavy atom. The van der Waals surface area contributed by atoms with E-state index in [1.807, 2.05) is 0 Å². The van der Waals surface area contributed by atoms with Gasteiger partial charge in [0.05, 0.1) is 6.10 Å². The van der Waals surface area contributed by atoms with Gasteiger partial charge >= 0.3 is 0 Å². The van der Waals surface area contributed by atoms with Crippen molar-refractivity contribution in [2.24, 2.45) is 5.73 Å². The SMILES string of the molecule is CN(CC1CCCO1)CC(C)(CN)c1ccccc1. The van der Waals surface area contributed by atoms with E-state index in [0.29, 0.717) is 12.6 Å². The summed E-state index contributed by atoms with van der Waals surface area (Å²) in [5.74, 6) is 0. The average Bonchev–Trinajstić information content (AvgIpc) is 2.92. The van der Waals surface area contributed by atoms with E-state index in [1.54, 1.807) is 0 Å². The molecule has 0 saturated carbocycles. The summed E-state index contributed by atoms with van der Waals surface area (Å²) in [4.78, 5) is 2.36. The zero-order chi connectivity index (χ0) is 13.7. The summed E-state index contributed by atoms with van der Waals surface area (Å²) in [6.45, 7) is 5.79. The van der Waals surface area contributed by atoms with Crippen molar-refractivity contribution in [3.8, 4) is 0 Å². The van der Waals surface area contributed by atoms with Crippen LogP contribution in [0.3, 0.4) is 0 Å². The highest BCUT2D eigenvalue weighted by atomic mass is 16.5. The first-order valence-electron chi connectivity index (χ1n) is 7.20. The van der Waals surface area contributed by atoms with Gasteiger partial charge in [0, 0.05) is 31.7 Å². The first kappa shape index (κ1) is 14.5. The van der Waals surface area contributed by atoms with E-state index >= 15 is 0 Å². The highest BCUT2D eigenvalue weighted by Crippen LogP contribution is 2.24. The van der Waals surface area contributed by atoms with Crippen LogP contribution >= 0.6 is 0 Å². The van der Waals surface area contributed by atoms with Crippen LogP contribution in [0.4, 0.5) is 0 Å². The van der Waals surface area contributed by atoms with Gasteiger partial charge in [0.25, 0.3) is 0 Å². The molecule has 1 aromatic carbocycles. The van der Waals surface area contributed by atoms with E-state index in [2.05, 4.69) is 49.2 Å². The normalized spacial score (nSPS) is 22.6. The van der Waals surface area contributed by atoms with Crippen LogP contribution in [0.15, 0.2) is 30.3 Å². The molecular formula is C16H26N2O. The molecule has 1 aromatic rings. The third kappa shape index (κ3) is 3.78. The minimum absolute atomic E-state index is 0.00855. The van der Waals surface area contributed by atoms with Crippen LogP contribution in [0.5, 0.6) is 0 Å². The van der Waals surface area contributed by atoms with E-state index < -0.39 is 0 Å². The van der Waals surface area contributed by atoms with Gasteiger partial charge in [0.2, 0.25) is 0 Å². The molecule has 19 heavy (non-hydrogen) atoms. The number of rotatable bonds is 6. The Labute approximate surface area is 116 Å². The molecule has 2 N–H and O–H groups in total. The summed E-state index contributed by atoms with van der Waals surface area (Å²) in [6, 6.07) is 10.6. The maximum absolute atomic E-state index is 6.04. The second-order valence-electron chi connectivity index (χ2n) is 5.96. The Bertz CT molecular complexity index is 376. The lowest BCUT2D eigenvalue weighted by Crippen LogP contribution is -2.44. The fourth-order valence-corrected chi connectivity index (χ4v) is 2.91. The van der Waals surface area contributed by atoms with Crippen molar-refractivity contribution in [1.82, 2.24) is 4.90 Å². The molecule has 0 amide bonds. The molecule has 1 aliphatic heterocycles. The van der Waals surface area contributed by atoms with Crippen molar-refractivity contribution in [3.05, 3.63) is 35.9 Å². The van der Waals surface area contributed by atoms with Crippen LogP contribution in [0, 0.1) is 0 Å². The van der Waals surface area contributed by atoms with Crippen LogP contribution in [-0.4, -0.2) is 44.3 Å². The summed E-state index contributed by atoms with van der Waals surface area (Å²) in [5.41, 5.74) is 7.36. The predicted molar refractivity (Wildman–Crippen MR) is 79.3 cm³/mol. The number of hydrogen-bond acceptors (Lipinski definition) is 3. The van der Waals surface area contributed by atoms with E-state index in [9.17, 15) is 0 Å². The minimum Gasteiger partial charge on any atom is -0.377 e. The molecular weight excluding hydrogens is 236 g/mol. The molecule has 1 fully saturated rings. The monoisotopic (exact) mass is 262 g/mol. The van der Waals surface area contributed by atoms with Gasteiger partial charge in [0.1, 0.15) is 0 Å². The Morgan fingerprint density at radius 1 is 1.37 bits per heavy atom. The average molecular weight is 262 g/mol. The molecule has 2 unspecified atom stereocenters. The van der Waals surface area contributed by atoms with Crippen molar-refractivity contribution >= 4 is 0 Å². The zero-order valence-corrected chi connectivity index (χ0v) is 12.1. The first-order valence-corrected chi connectivity index (χ1v) is 7.20. The maximum atomic E-state index is 6.04. The molecule has 2 rings (SSSR count). The maximum Gasteiger partial charge on any atom is 0.0702 e. The molecule has 3 nitrogen and oxygen atoms in total. The van der Waals surface area contributed by atoms with E-state index in [-0.39, 0.29) is 5.41 Å². The molecule has 1 aliphatic rings. The zero-order valence-electron chi connectivity index (χ0n) is 12.1. The molecule has 0 spiro atoms. The van der Waals surface area contributed by atoms with Crippen molar-refractivity contribution in [3.63, 3.8) is 0 Å².